The monoisotopic (exact) mass is 248 g/mol. The molecule has 0 saturated heterocycles. The summed E-state index contributed by atoms with van der Waals surface area (Å²) in [6.45, 7) is 0. The van der Waals surface area contributed by atoms with Gasteiger partial charge in [-0.3, -0.25) is 9.59 Å². The van der Waals surface area contributed by atoms with Gasteiger partial charge in [-0.05, 0) is 31.1 Å². The highest BCUT2D eigenvalue weighted by Gasteiger charge is 1.81. The number of hydrogen-bond acceptors (Lipinski definition) is 4. The first-order valence-corrected chi connectivity index (χ1v) is 7.00. The van der Waals surface area contributed by atoms with Crippen LogP contribution in [-0.2, 0) is 9.59 Å². The number of allylic oxidation sites excluding steroid dienone is 2. The predicted molar refractivity (Wildman–Crippen MR) is 68.3 cm³/mol. The number of hydrogen-bond donors (Lipinski definition) is 2. The Hall–Kier alpha value is -0.880. The fourth-order valence-electron chi connectivity index (χ4n) is 0.447. The van der Waals surface area contributed by atoms with Gasteiger partial charge in [0.15, 0.2) is 0 Å². The molecular formula is C9H16N2O2S2. The molecule has 86 valence electrons. The van der Waals surface area contributed by atoms with Gasteiger partial charge in [-0.25, -0.2) is 0 Å². The van der Waals surface area contributed by atoms with E-state index in [1.165, 1.54) is 12.2 Å². The van der Waals surface area contributed by atoms with Crippen molar-refractivity contribution in [3.05, 3.63) is 24.3 Å². The Kier molecular flexibility index (Phi) is 14.5. The fraction of sp³-hybridized carbons (Fsp3) is 0.333. The Morgan fingerprint density at radius 1 is 1.00 bits per heavy atom. The van der Waals surface area contributed by atoms with E-state index in [1.54, 1.807) is 33.7 Å². The lowest BCUT2D eigenvalue weighted by molar-refractivity contribution is -0.114. The van der Waals surface area contributed by atoms with Crippen LogP contribution in [0.1, 0.15) is 6.42 Å². The SMILES string of the molecule is CSSC.NC(=O)C=CCC=CC(N)=O. The predicted octanol–water partition coefficient (Wildman–Crippen LogP) is 1.09. The average molecular weight is 248 g/mol. The third-order valence-corrected chi connectivity index (χ3v) is 2.34. The van der Waals surface area contributed by atoms with Gasteiger partial charge >= 0.3 is 0 Å². The van der Waals surface area contributed by atoms with Crippen LogP contribution < -0.4 is 11.5 Å². The molecule has 4 N–H and O–H groups in total. The molecule has 0 aliphatic rings. The van der Waals surface area contributed by atoms with Gasteiger partial charge in [-0.1, -0.05) is 33.7 Å². The highest BCUT2D eigenvalue weighted by molar-refractivity contribution is 8.76. The number of primary amides is 2. The van der Waals surface area contributed by atoms with Gasteiger partial charge in [0.25, 0.3) is 0 Å². The third kappa shape index (κ3) is 24.6. The molecule has 2 amide bonds. The Balaban J connectivity index is 0. The van der Waals surface area contributed by atoms with Gasteiger partial charge < -0.3 is 11.5 Å². The largest absolute Gasteiger partial charge is 0.366 e. The quantitative estimate of drug-likeness (QED) is 0.563. The molecule has 6 heteroatoms. The van der Waals surface area contributed by atoms with Crippen molar-refractivity contribution in [1.29, 1.82) is 0 Å². The van der Waals surface area contributed by atoms with Crippen LogP contribution in [0.2, 0.25) is 0 Å². The summed E-state index contributed by atoms with van der Waals surface area (Å²) in [5.41, 5.74) is 9.59. The Morgan fingerprint density at radius 3 is 1.53 bits per heavy atom. The van der Waals surface area contributed by atoms with Crippen molar-refractivity contribution in [2.75, 3.05) is 12.5 Å². The van der Waals surface area contributed by atoms with Gasteiger partial charge in [0.05, 0.1) is 0 Å². The number of amides is 2. The molecule has 15 heavy (non-hydrogen) atoms. The minimum absolute atomic E-state index is 0.478. The second-order valence-electron chi connectivity index (χ2n) is 2.18. The standard InChI is InChI=1S/C7H10N2O2.C2H6S2/c8-6(10)4-2-1-3-5-7(9)11;1-3-4-2/h2-5H,1H2,(H2,8,10)(H2,9,11);1-2H3. The summed E-state index contributed by atoms with van der Waals surface area (Å²) in [6, 6.07) is 0. The molecule has 0 bridgehead atoms. The average Bonchev–Trinajstić information content (AvgIpc) is 2.17. The highest BCUT2D eigenvalue weighted by atomic mass is 33.1. The smallest absolute Gasteiger partial charge is 0.241 e. The van der Waals surface area contributed by atoms with Crippen molar-refractivity contribution in [2.45, 2.75) is 6.42 Å². The summed E-state index contributed by atoms with van der Waals surface area (Å²) in [6.07, 6.45) is 10.1. The number of rotatable bonds is 5. The van der Waals surface area contributed by atoms with E-state index in [-0.39, 0.29) is 0 Å². The van der Waals surface area contributed by atoms with Gasteiger partial charge in [0, 0.05) is 0 Å². The van der Waals surface area contributed by atoms with Crippen LogP contribution in [-0.4, -0.2) is 24.3 Å². The number of nitrogens with two attached hydrogens (primary N) is 2. The molecule has 0 aliphatic carbocycles. The molecular weight excluding hydrogens is 232 g/mol. The highest BCUT2D eigenvalue weighted by Crippen LogP contribution is 2.09. The van der Waals surface area contributed by atoms with Crippen LogP contribution in [0.3, 0.4) is 0 Å². The van der Waals surface area contributed by atoms with Crippen LogP contribution in [0.25, 0.3) is 0 Å². The van der Waals surface area contributed by atoms with E-state index in [0.717, 1.165) is 0 Å². The first kappa shape index (κ1) is 16.5. The molecule has 0 rings (SSSR count). The summed E-state index contributed by atoms with van der Waals surface area (Å²) in [7, 11) is 3.55. The first-order chi connectivity index (χ1) is 7.04. The summed E-state index contributed by atoms with van der Waals surface area (Å²) >= 11 is 0. The van der Waals surface area contributed by atoms with Crippen LogP contribution in [0.15, 0.2) is 24.3 Å². The topological polar surface area (TPSA) is 86.2 Å². The van der Waals surface area contributed by atoms with Crippen molar-refractivity contribution < 1.29 is 9.59 Å². The first-order valence-electron chi connectivity index (χ1n) is 4.03. The lowest BCUT2D eigenvalue weighted by Crippen LogP contribution is -2.05. The molecule has 0 aromatic carbocycles. The zero-order chi connectivity index (χ0) is 12.1. The summed E-state index contributed by atoms with van der Waals surface area (Å²) in [5, 5.41) is 0. The van der Waals surface area contributed by atoms with Crippen LogP contribution in [0.4, 0.5) is 0 Å². The van der Waals surface area contributed by atoms with E-state index in [1.807, 2.05) is 0 Å². The zero-order valence-electron chi connectivity index (χ0n) is 8.80. The maximum Gasteiger partial charge on any atom is 0.241 e. The fourth-order valence-corrected chi connectivity index (χ4v) is 0.447. The molecule has 0 saturated carbocycles. The Bertz CT molecular complexity index is 216. The van der Waals surface area contributed by atoms with Crippen molar-refractivity contribution in [2.24, 2.45) is 11.5 Å². The zero-order valence-corrected chi connectivity index (χ0v) is 10.4. The van der Waals surface area contributed by atoms with Gasteiger partial charge in [-0.15, -0.1) is 0 Å². The lowest BCUT2D eigenvalue weighted by Gasteiger charge is -1.80. The van der Waals surface area contributed by atoms with E-state index in [4.69, 9.17) is 11.5 Å². The van der Waals surface area contributed by atoms with Crippen LogP contribution in [0, 0.1) is 0 Å². The molecule has 0 spiro atoms. The number of carbonyl (C=O) groups is 2. The molecule has 0 aromatic heterocycles. The maximum absolute atomic E-state index is 10.1. The van der Waals surface area contributed by atoms with Crippen molar-refractivity contribution in [1.82, 2.24) is 0 Å². The van der Waals surface area contributed by atoms with Gasteiger partial charge in [0.1, 0.15) is 0 Å². The Morgan fingerprint density at radius 2 is 1.33 bits per heavy atom. The molecule has 0 radical (unpaired) electrons. The maximum atomic E-state index is 10.1. The molecule has 4 nitrogen and oxygen atoms in total. The van der Waals surface area contributed by atoms with Crippen molar-refractivity contribution in [3.8, 4) is 0 Å². The summed E-state index contributed by atoms with van der Waals surface area (Å²) in [4.78, 5) is 20.2. The van der Waals surface area contributed by atoms with E-state index in [0.29, 0.717) is 6.42 Å². The third-order valence-electron chi connectivity index (χ3n) is 1.00. The van der Waals surface area contributed by atoms with Crippen molar-refractivity contribution in [3.63, 3.8) is 0 Å². The van der Waals surface area contributed by atoms with E-state index in [9.17, 15) is 9.59 Å². The molecule has 0 aliphatic heterocycles. The minimum atomic E-state index is -0.502. The van der Waals surface area contributed by atoms with E-state index < -0.39 is 11.8 Å². The molecule has 0 atom stereocenters. The summed E-state index contributed by atoms with van der Waals surface area (Å²) in [5.74, 6) is -1.00. The second-order valence-corrected chi connectivity index (χ2v) is 4.85. The van der Waals surface area contributed by atoms with Gasteiger partial charge in [0.2, 0.25) is 11.8 Å². The van der Waals surface area contributed by atoms with Crippen molar-refractivity contribution >= 4 is 33.4 Å². The number of carbonyl (C=O) groups excluding carboxylic acids is 2. The van der Waals surface area contributed by atoms with E-state index in [2.05, 4.69) is 12.5 Å². The lowest BCUT2D eigenvalue weighted by atomic mass is 10.3. The van der Waals surface area contributed by atoms with E-state index >= 15 is 0 Å². The van der Waals surface area contributed by atoms with Crippen LogP contribution >= 0.6 is 21.6 Å². The molecule has 0 fully saturated rings. The second kappa shape index (κ2) is 13.1. The van der Waals surface area contributed by atoms with Crippen LogP contribution in [0.5, 0.6) is 0 Å². The normalized spacial score (nSPS) is 10.0. The Labute approximate surface area is 97.9 Å². The molecule has 0 aromatic rings. The summed E-state index contributed by atoms with van der Waals surface area (Å²) < 4.78 is 0. The molecule has 0 unspecified atom stereocenters. The minimum Gasteiger partial charge on any atom is -0.366 e. The van der Waals surface area contributed by atoms with Gasteiger partial charge in [-0.2, -0.15) is 0 Å². The molecule has 0 heterocycles.